The number of rotatable bonds is 4. The van der Waals surface area contributed by atoms with E-state index in [4.69, 9.17) is 9.47 Å². The summed E-state index contributed by atoms with van der Waals surface area (Å²) in [6.07, 6.45) is 2.52. The molecule has 2 saturated heterocycles. The predicted octanol–water partition coefficient (Wildman–Crippen LogP) is 2.16. The first kappa shape index (κ1) is 21.9. The molecule has 0 spiro atoms. The van der Waals surface area contributed by atoms with Crippen molar-refractivity contribution in [2.75, 3.05) is 6.61 Å². The number of aromatic amines is 1. The molecule has 9 heteroatoms. The highest BCUT2D eigenvalue weighted by molar-refractivity contribution is 5.79. The van der Waals surface area contributed by atoms with Gasteiger partial charge in [0.2, 0.25) is 5.56 Å². The first-order chi connectivity index (χ1) is 15.6. The van der Waals surface area contributed by atoms with Crippen molar-refractivity contribution in [3.63, 3.8) is 0 Å². The fourth-order valence-electron chi connectivity index (χ4n) is 5.94. The lowest BCUT2D eigenvalue weighted by atomic mass is 9.46. The van der Waals surface area contributed by atoms with Gasteiger partial charge in [0.15, 0.2) is 0 Å². The first-order valence-corrected chi connectivity index (χ1v) is 11.3. The van der Waals surface area contributed by atoms with Crippen molar-refractivity contribution in [3.05, 3.63) is 39.8 Å². The quantitative estimate of drug-likeness (QED) is 0.646. The van der Waals surface area contributed by atoms with Gasteiger partial charge in [0.25, 0.3) is 0 Å². The zero-order chi connectivity index (χ0) is 23.6. The van der Waals surface area contributed by atoms with Gasteiger partial charge in [-0.15, -0.1) is 0 Å². The van der Waals surface area contributed by atoms with Crippen molar-refractivity contribution < 1.29 is 19.4 Å². The monoisotopic (exact) mass is 452 g/mol. The third-order valence-corrected chi connectivity index (χ3v) is 7.52. The number of aromatic nitrogens is 2. The molecule has 9 nitrogen and oxygen atoms in total. The highest BCUT2D eigenvalue weighted by Gasteiger charge is 2.69. The van der Waals surface area contributed by atoms with Gasteiger partial charge in [0, 0.05) is 18.7 Å². The number of H-pyrrole nitrogens is 1. The van der Waals surface area contributed by atoms with Crippen LogP contribution in [0.2, 0.25) is 0 Å². The lowest BCUT2D eigenvalue weighted by molar-refractivity contribution is -0.288. The molecular formula is C24H28N4O5. The molecule has 1 amide bonds. The summed E-state index contributed by atoms with van der Waals surface area (Å²) < 4.78 is 11.7. The maximum Gasteiger partial charge on any atom is 0.408 e. The van der Waals surface area contributed by atoms with Crippen LogP contribution in [-0.4, -0.2) is 50.6 Å². The number of nitrogens with one attached hydrogen (secondary N) is 2. The Morgan fingerprint density at radius 1 is 1.42 bits per heavy atom. The molecule has 33 heavy (non-hydrogen) atoms. The zero-order valence-corrected chi connectivity index (χ0v) is 19.0. The molecule has 3 saturated carbocycles. The van der Waals surface area contributed by atoms with Gasteiger partial charge in [0.1, 0.15) is 11.7 Å². The largest absolute Gasteiger partial charge is 0.444 e. The van der Waals surface area contributed by atoms with Gasteiger partial charge in [0.05, 0.1) is 40.4 Å². The van der Waals surface area contributed by atoms with Crippen LogP contribution in [0.1, 0.15) is 51.2 Å². The smallest absolute Gasteiger partial charge is 0.408 e. The molecule has 4 heterocycles. The van der Waals surface area contributed by atoms with Gasteiger partial charge >= 0.3 is 6.09 Å². The molecule has 3 aliphatic carbocycles. The van der Waals surface area contributed by atoms with E-state index in [-0.39, 0.29) is 23.8 Å². The Morgan fingerprint density at radius 3 is 2.79 bits per heavy atom. The Balaban J connectivity index is 1.37. The third-order valence-electron chi connectivity index (χ3n) is 7.52. The van der Waals surface area contributed by atoms with Crippen LogP contribution in [0.15, 0.2) is 23.1 Å². The molecule has 3 atom stereocenters. The van der Waals surface area contributed by atoms with Gasteiger partial charge < -0.3 is 24.9 Å². The number of alkyl carbamates (subject to hydrolysis) is 1. The maximum atomic E-state index is 12.4. The minimum Gasteiger partial charge on any atom is -0.444 e. The number of nitrogens with zero attached hydrogens (tertiary/aromatic N) is 2. The van der Waals surface area contributed by atoms with Gasteiger partial charge in [-0.05, 0) is 63.5 Å². The molecular weight excluding hydrogens is 424 g/mol. The second-order valence-corrected chi connectivity index (χ2v) is 10.6. The lowest BCUT2D eigenvalue weighted by Gasteiger charge is -2.69. The van der Waals surface area contributed by atoms with Crippen molar-refractivity contribution in [3.8, 4) is 6.07 Å². The molecule has 5 aliphatic rings. The maximum absolute atomic E-state index is 12.4. The highest BCUT2D eigenvalue weighted by atomic mass is 16.6. The van der Waals surface area contributed by atoms with E-state index in [1.807, 2.05) is 20.8 Å². The second-order valence-electron chi connectivity index (χ2n) is 10.6. The van der Waals surface area contributed by atoms with Crippen LogP contribution in [0.3, 0.4) is 0 Å². The number of aliphatic hydroxyl groups excluding tert-OH is 1. The Hall–Kier alpha value is -2.96. The standard InChI is InChI=1S/C24H28N4O5/c1-22(2,3)33-21(31)28-24-12-32-23(8-14(24)6-15(24)9-23)18(29)7-16-13(10-25)11-26-17-4-5-19(30)27-20(16)17/h4-5,11,14-15,18,29H,6-9,12H2,1-3H3,(H,27,30)(H,28,31). The summed E-state index contributed by atoms with van der Waals surface area (Å²) in [6.45, 7) is 5.81. The summed E-state index contributed by atoms with van der Waals surface area (Å²) in [5, 5.41) is 24.0. The van der Waals surface area contributed by atoms with Crippen LogP contribution in [0.5, 0.6) is 0 Å². The Labute approximate surface area is 191 Å². The Bertz CT molecular complexity index is 1210. The minimum atomic E-state index is -0.871. The number of nitriles is 1. The highest BCUT2D eigenvalue weighted by Crippen LogP contribution is 2.62. The van der Waals surface area contributed by atoms with Gasteiger partial charge in [-0.3, -0.25) is 9.78 Å². The number of ether oxygens (including phenoxy) is 2. The van der Waals surface area contributed by atoms with E-state index in [1.165, 1.54) is 12.3 Å². The summed E-state index contributed by atoms with van der Waals surface area (Å²) in [7, 11) is 0. The summed E-state index contributed by atoms with van der Waals surface area (Å²) in [5.74, 6) is 0.383. The third kappa shape index (κ3) is 3.49. The molecule has 0 radical (unpaired) electrons. The molecule has 4 bridgehead atoms. The zero-order valence-electron chi connectivity index (χ0n) is 19.0. The van der Waals surface area contributed by atoms with E-state index in [0.29, 0.717) is 41.6 Å². The summed E-state index contributed by atoms with van der Waals surface area (Å²) in [6, 6.07) is 5.11. The number of amides is 1. The number of pyridine rings is 2. The van der Waals surface area contributed by atoms with Crippen LogP contribution in [-0.2, 0) is 15.9 Å². The Morgan fingerprint density at radius 2 is 2.15 bits per heavy atom. The summed E-state index contributed by atoms with van der Waals surface area (Å²) >= 11 is 0. The Kier molecular flexibility index (Phi) is 4.82. The van der Waals surface area contributed by atoms with Crippen molar-refractivity contribution in [2.45, 2.75) is 69.3 Å². The van der Waals surface area contributed by atoms with Gasteiger partial charge in [-0.2, -0.15) is 5.26 Å². The van der Waals surface area contributed by atoms with E-state index in [2.05, 4.69) is 21.4 Å². The molecule has 7 rings (SSSR count). The summed E-state index contributed by atoms with van der Waals surface area (Å²) in [5.41, 5.74) is -0.162. The van der Waals surface area contributed by atoms with E-state index >= 15 is 0 Å². The number of aliphatic hydroxyl groups is 1. The van der Waals surface area contributed by atoms with E-state index in [0.717, 1.165) is 6.42 Å². The number of carbonyl (C=O) groups is 1. The predicted molar refractivity (Wildman–Crippen MR) is 118 cm³/mol. The lowest BCUT2D eigenvalue weighted by Crippen LogP contribution is -2.80. The van der Waals surface area contributed by atoms with Gasteiger partial charge in [-0.1, -0.05) is 0 Å². The van der Waals surface area contributed by atoms with Crippen LogP contribution in [0, 0.1) is 23.2 Å². The van der Waals surface area contributed by atoms with Crippen molar-refractivity contribution in [1.82, 2.24) is 15.3 Å². The molecule has 0 aromatic carbocycles. The molecule has 174 valence electrons. The molecule has 3 unspecified atom stereocenters. The topological polar surface area (TPSA) is 137 Å². The average molecular weight is 453 g/mol. The fourth-order valence-corrected chi connectivity index (χ4v) is 5.94. The summed E-state index contributed by atoms with van der Waals surface area (Å²) in [4.78, 5) is 31.4. The SMILES string of the molecule is CC(C)(C)OC(=O)NC12COC3(C(O)Cc4c(C#N)cnc5ccc(=O)[nH]c45)CC1CC2C3. The van der Waals surface area contributed by atoms with E-state index in [9.17, 15) is 20.0 Å². The molecule has 2 aromatic rings. The normalized spacial score (nSPS) is 30.9. The van der Waals surface area contributed by atoms with Gasteiger partial charge in [-0.25, -0.2) is 4.79 Å². The van der Waals surface area contributed by atoms with Crippen LogP contribution in [0.25, 0.3) is 11.0 Å². The van der Waals surface area contributed by atoms with Crippen molar-refractivity contribution >= 4 is 17.1 Å². The number of fused-ring (bicyclic) bond motifs is 2. The van der Waals surface area contributed by atoms with Crippen molar-refractivity contribution in [2.24, 2.45) is 11.8 Å². The molecule has 2 aromatic heterocycles. The fraction of sp³-hybridized carbons (Fsp3) is 0.583. The first-order valence-electron chi connectivity index (χ1n) is 11.3. The number of carbonyl (C=O) groups excluding carboxylic acids is 1. The van der Waals surface area contributed by atoms with Crippen LogP contribution >= 0.6 is 0 Å². The molecule has 5 fully saturated rings. The molecule has 2 aliphatic heterocycles. The average Bonchev–Trinajstić information content (AvgIpc) is 2.75. The minimum absolute atomic E-state index is 0.161. The van der Waals surface area contributed by atoms with Crippen LogP contribution < -0.4 is 10.9 Å². The van der Waals surface area contributed by atoms with Crippen molar-refractivity contribution in [1.29, 1.82) is 5.26 Å². The number of hydrogen-bond donors (Lipinski definition) is 3. The van der Waals surface area contributed by atoms with E-state index < -0.39 is 28.9 Å². The molecule has 3 N–H and O–H groups in total. The number of hydrogen-bond acceptors (Lipinski definition) is 7. The van der Waals surface area contributed by atoms with Crippen LogP contribution in [0.4, 0.5) is 4.79 Å². The second kappa shape index (κ2) is 7.27. The van der Waals surface area contributed by atoms with E-state index in [1.54, 1.807) is 6.07 Å².